The second kappa shape index (κ2) is 7.56. The zero-order valence-corrected chi connectivity index (χ0v) is 13.8. The molecule has 0 saturated heterocycles. The van der Waals surface area contributed by atoms with Crippen molar-refractivity contribution in [3.63, 3.8) is 0 Å². The molecule has 19 heavy (non-hydrogen) atoms. The van der Waals surface area contributed by atoms with Gasteiger partial charge >= 0.3 is 0 Å². The van der Waals surface area contributed by atoms with Gasteiger partial charge in [0, 0.05) is 28.6 Å². The van der Waals surface area contributed by atoms with E-state index in [2.05, 4.69) is 22.9 Å². The molecule has 2 aromatic rings. The van der Waals surface area contributed by atoms with Crippen LogP contribution in [0.1, 0.15) is 23.0 Å². The first-order valence-corrected chi connectivity index (χ1v) is 6.76. The highest BCUT2D eigenvalue weighted by molar-refractivity contribution is 9.10. The fourth-order valence-corrected chi connectivity index (χ4v) is 2.42. The molecule has 100 valence electrons. The van der Waals surface area contributed by atoms with Crippen LogP contribution in [-0.2, 0) is 13.0 Å². The minimum absolute atomic E-state index is 0. The van der Waals surface area contributed by atoms with Gasteiger partial charge in [0.25, 0.3) is 0 Å². The summed E-state index contributed by atoms with van der Waals surface area (Å²) < 4.78 is 2.85. The van der Waals surface area contributed by atoms with Gasteiger partial charge < -0.3 is 17.0 Å². The van der Waals surface area contributed by atoms with Crippen molar-refractivity contribution in [3.8, 4) is 0 Å². The highest BCUT2D eigenvalue weighted by Crippen LogP contribution is 2.16. The number of ketones is 1. The number of nitrogens with zero attached hydrogens (tertiary/aromatic N) is 1. The molecule has 2 rings (SSSR count). The van der Waals surface area contributed by atoms with Gasteiger partial charge in [0.05, 0.1) is 0 Å². The lowest BCUT2D eigenvalue weighted by Gasteiger charge is -2.03. The maximum absolute atomic E-state index is 12.3. The fourth-order valence-electron chi connectivity index (χ4n) is 1.91. The van der Waals surface area contributed by atoms with Crippen molar-refractivity contribution in [2.45, 2.75) is 19.9 Å². The van der Waals surface area contributed by atoms with Crippen LogP contribution in [0.5, 0.6) is 0 Å². The van der Waals surface area contributed by atoms with Crippen LogP contribution in [-0.4, -0.2) is 5.78 Å². The minimum atomic E-state index is 0. The standard InChI is InChI=1S/C15H15BrNO.BrH/c1-2-12-7-5-6-10-17(12)11-15(18)13-8-3-4-9-14(13)16;/h3-10H,2,11H2,1H3;1H/q+1;/p-1. The summed E-state index contributed by atoms with van der Waals surface area (Å²) in [5, 5.41) is 0. The molecule has 4 heteroatoms. The molecule has 1 heterocycles. The van der Waals surface area contributed by atoms with Gasteiger partial charge in [-0.2, -0.15) is 4.57 Å². The van der Waals surface area contributed by atoms with Crippen LogP contribution in [0.25, 0.3) is 0 Å². The minimum Gasteiger partial charge on any atom is -1.00 e. The molecule has 1 aromatic heterocycles. The van der Waals surface area contributed by atoms with E-state index < -0.39 is 0 Å². The number of carbonyl (C=O) groups excluding carboxylic acids is 1. The lowest BCUT2D eigenvalue weighted by molar-refractivity contribution is -0.690. The van der Waals surface area contributed by atoms with E-state index in [1.54, 1.807) is 0 Å². The number of hydrogen-bond acceptors (Lipinski definition) is 1. The molecule has 0 unspecified atom stereocenters. The predicted octanol–water partition coefficient (Wildman–Crippen LogP) is 0.186. The molecular formula is C15H15Br2NO. The molecule has 0 amide bonds. The smallest absolute Gasteiger partial charge is 0.228 e. The van der Waals surface area contributed by atoms with Crippen molar-refractivity contribution >= 4 is 21.7 Å². The zero-order chi connectivity index (χ0) is 13.0. The first kappa shape index (κ1) is 16.1. The number of benzene rings is 1. The largest absolute Gasteiger partial charge is 1.00 e. The highest BCUT2D eigenvalue weighted by Gasteiger charge is 2.16. The average Bonchev–Trinajstić information content (AvgIpc) is 2.39. The molecule has 0 spiro atoms. The Labute approximate surface area is 132 Å². The Bertz CT molecular complexity index is 570. The van der Waals surface area contributed by atoms with Crippen LogP contribution in [0.4, 0.5) is 0 Å². The average molecular weight is 385 g/mol. The van der Waals surface area contributed by atoms with Crippen molar-refractivity contribution in [2.75, 3.05) is 0 Å². The van der Waals surface area contributed by atoms with Crippen molar-refractivity contribution in [1.82, 2.24) is 0 Å². The summed E-state index contributed by atoms with van der Waals surface area (Å²) in [6, 6.07) is 13.5. The zero-order valence-electron chi connectivity index (χ0n) is 10.6. The Morgan fingerprint density at radius 1 is 1.16 bits per heavy atom. The van der Waals surface area contributed by atoms with E-state index in [9.17, 15) is 4.79 Å². The third kappa shape index (κ3) is 3.98. The van der Waals surface area contributed by atoms with Crippen LogP contribution in [0, 0.1) is 0 Å². The molecule has 0 radical (unpaired) electrons. The quantitative estimate of drug-likeness (QED) is 0.544. The third-order valence-corrected chi connectivity index (χ3v) is 3.58. The van der Waals surface area contributed by atoms with Crippen molar-refractivity contribution in [2.24, 2.45) is 0 Å². The number of aryl methyl sites for hydroxylation is 1. The van der Waals surface area contributed by atoms with Gasteiger partial charge in [-0.15, -0.1) is 0 Å². The SMILES string of the molecule is CCc1cccc[n+]1CC(=O)c1ccccc1Br.[Br-]. The molecule has 1 aromatic carbocycles. The first-order valence-electron chi connectivity index (χ1n) is 5.97. The monoisotopic (exact) mass is 383 g/mol. The number of aromatic nitrogens is 1. The molecule has 0 atom stereocenters. The van der Waals surface area contributed by atoms with Gasteiger partial charge in [-0.25, -0.2) is 0 Å². The molecule has 0 fully saturated rings. The number of rotatable bonds is 4. The van der Waals surface area contributed by atoms with E-state index in [0.29, 0.717) is 6.54 Å². The van der Waals surface area contributed by atoms with Crippen LogP contribution >= 0.6 is 15.9 Å². The number of halogens is 2. The van der Waals surface area contributed by atoms with E-state index in [1.165, 1.54) is 0 Å². The number of carbonyl (C=O) groups is 1. The third-order valence-electron chi connectivity index (χ3n) is 2.89. The van der Waals surface area contributed by atoms with E-state index in [0.717, 1.165) is 22.2 Å². The second-order valence-electron chi connectivity index (χ2n) is 4.08. The Morgan fingerprint density at radius 3 is 2.53 bits per heavy atom. The molecule has 0 saturated carbocycles. The topological polar surface area (TPSA) is 20.9 Å². The number of hydrogen-bond donors (Lipinski definition) is 0. The summed E-state index contributed by atoms with van der Waals surface area (Å²) in [6.45, 7) is 2.47. The number of pyridine rings is 1. The highest BCUT2D eigenvalue weighted by atomic mass is 79.9. The summed E-state index contributed by atoms with van der Waals surface area (Å²) in [6.07, 6.45) is 2.87. The Hall–Kier alpha value is -1.000. The molecule has 2 nitrogen and oxygen atoms in total. The fraction of sp³-hybridized carbons (Fsp3) is 0.200. The Morgan fingerprint density at radius 2 is 1.84 bits per heavy atom. The molecule has 0 aliphatic rings. The first-order chi connectivity index (χ1) is 8.72. The molecule has 0 N–H and O–H groups in total. The van der Waals surface area contributed by atoms with Crippen molar-refractivity contribution in [3.05, 3.63) is 64.4 Å². The van der Waals surface area contributed by atoms with E-state index in [4.69, 9.17) is 0 Å². The summed E-state index contributed by atoms with van der Waals surface area (Å²) >= 11 is 3.42. The molecule has 0 aliphatic carbocycles. The summed E-state index contributed by atoms with van der Waals surface area (Å²) in [5.41, 5.74) is 1.90. The Kier molecular flexibility index (Phi) is 6.38. The summed E-state index contributed by atoms with van der Waals surface area (Å²) in [7, 11) is 0. The Balaban J connectivity index is 0.00000180. The van der Waals surface area contributed by atoms with Gasteiger partial charge in [-0.3, -0.25) is 4.79 Å². The van der Waals surface area contributed by atoms with E-state index >= 15 is 0 Å². The predicted molar refractivity (Wildman–Crippen MR) is 74.5 cm³/mol. The molecular weight excluding hydrogens is 370 g/mol. The van der Waals surface area contributed by atoms with Crippen LogP contribution in [0.15, 0.2) is 53.1 Å². The number of Topliss-reactive ketones (excluding diaryl/α,β-unsaturated/α-hetero) is 1. The van der Waals surface area contributed by atoms with Gasteiger partial charge in [0.15, 0.2) is 11.9 Å². The lowest BCUT2D eigenvalue weighted by Crippen LogP contribution is -3.00. The normalized spacial score (nSPS) is 9.79. The van der Waals surface area contributed by atoms with Crippen molar-refractivity contribution < 1.29 is 26.3 Å². The van der Waals surface area contributed by atoms with Crippen molar-refractivity contribution in [1.29, 1.82) is 0 Å². The summed E-state index contributed by atoms with van der Waals surface area (Å²) in [5.74, 6) is 0.119. The van der Waals surface area contributed by atoms with Gasteiger partial charge in [-0.05, 0) is 6.07 Å². The maximum Gasteiger partial charge on any atom is 0.228 e. The second-order valence-corrected chi connectivity index (χ2v) is 4.93. The maximum atomic E-state index is 12.3. The molecule has 0 aliphatic heterocycles. The van der Waals surface area contributed by atoms with E-state index in [-0.39, 0.29) is 22.8 Å². The van der Waals surface area contributed by atoms with Gasteiger partial charge in [0.1, 0.15) is 0 Å². The lowest BCUT2D eigenvalue weighted by atomic mass is 10.1. The molecule has 0 bridgehead atoms. The van der Waals surface area contributed by atoms with Crippen LogP contribution < -0.4 is 21.5 Å². The van der Waals surface area contributed by atoms with Gasteiger partial charge in [0.2, 0.25) is 12.3 Å². The van der Waals surface area contributed by atoms with Crippen LogP contribution in [0.3, 0.4) is 0 Å². The van der Waals surface area contributed by atoms with E-state index in [1.807, 2.05) is 53.2 Å². The van der Waals surface area contributed by atoms with Crippen LogP contribution in [0.2, 0.25) is 0 Å². The summed E-state index contributed by atoms with van der Waals surface area (Å²) in [4.78, 5) is 12.3. The van der Waals surface area contributed by atoms with Gasteiger partial charge in [-0.1, -0.05) is 47.1 Å².